The molecule has 11 heteroatoms. The van der Waals surface area contributed by atoms with Crippen LogP contribution in [0, 0.1) is 0 Å². The van der Waals surface area contributed by atoms with Crippen molar-refractivity contribution in [2.24, 2.45) is 0 Å². The summed E-state index contributed by atoms with van der Waals surface area (Å²) in [5, 5.41) is 1.58. The zero-order valence-corrected chi connectivity index (χ0v) is 19.3. The summed E-state index contributed by atoms with van der Waals surface area (Å²) in [6.45, 7) is 1.22. The number of benzene rings is 2. The molecule has 0 bridgehead atoms. The highest BCUT2D eigenvalue weighted by molar-refractivity contribution is 7.94. The Balaban J connectivity index is 1.64. The number of sulfonamides is 1. The van der Waals surface area contributed by atoms with E-state index in [4.69, 9.17) is 16.3 Å². The van der Waals surface area contributed by atoms with Crippen molar-refractivity contribution in [2.45, 2.75) is 10.9 Å². The lowest BCUT2D eigenvalue weighted by Gasteiger charge is -2.28. The second-order valence-corrected chi connectivity index (χ2v) is 11.7. The van der Waals surface area contributed by atoms with E-state index in [1.54, 1.807) is 24.3 Å². The molecule has 0 spiro atoms. The molecule has 2 aliphatic heterocycles. The first-order valence-corrected chi connectivity index (χ1v) is 13.4. The van der Waals surface area contributed by atoms with Gasteiger partial charge >= 0.3 is 0 Å². The van der Waals surface area contributed by atoms with Crippen LogP contribution >= 0.6 is 11.6 Å². The van der Waals surface area contributed by atoms with Gasteiger partial charge in [-0.1, -0.05) is 11.6 Å². The Morgan fingerprint density at radius 2 is 1.66 bits per heavy atom. The van der Waals surface area contributed by atoms with Gasteiger partial charge in [0.05, 0.1) is 29.9 Å². The zero-order valence-electron chi connectivity index (χ0n) is 16.9. The second kappa shape index (κ2) is 8.95. The third-order valence-corrected chi connectivity index (χ3v) is 8.82. The van der Waals surface area contributed by atoms with Crippen LogP contribution in [0.4, 0.5) is 5.69 Å². The number of halogens is 1. The van der Waals surface area contributed by atoms with Gasteiger partial charge < -0.3 is 9.64 Å². The van der Waals surface area contributed by atoms with E-state index in [9.17, 15) is 21.6 Å². The van der Waals surface area contributed by atoms with Crippen LogP contribution in [-0.4, -0.2) is 65.1 Å². The molecular weight excluding hydrogens is 476 g/mol. The van der Waals surface area contributed by atoms with Crippen molar-refractivity contribution in [3.63, 3.8) is 0 Å². The Kier molecular flexibility index (Phi) is 6.42. The standard InChI is InChI=1S/C21H21ClN2O6S2/c22-17-3-5-18(6-4-17)24(19-9-14-31(26,27)15-19)21(25)16-1-7-20(8-2-16)32(28,29)23-10-12-30-13-11-23/h1-9,14,19H,10-13,15H2/t19-/m1/s1. The number of carbonyl (C=O) groups is 1. The number of sulfone groups is 1. The maximum absolute atomic E-state index is 13.4. The van der Waals surface area contributed by atoms with Gasteiger partial charge in [-0.2, -0.15) is 4.31 Å². The summed E-state index contributed by atoms with van der Waals surface area (Å²) in [5.74, 6) is -0.681. The fourth-order valence-electron chi connectivity index (χ4n) is 3.63. The lowest BCUT2D eigenvalue weighted by Crippen LogP contribution is -2.41. The molecule has 0 aliphatic carbocycles. The molecule has 0 saturated carbocycles. The van der Waals surface area contributed by atoms with Gasteiger partial charge in [-0.15, -0.1) is 0 Å². The summed E-state index contributed by atoms with van der Waals surface area (Å²) in [4.78, 5) is 14.8. The van der Waals surface area contributed by atoms with Gasteiger partial charge in [-0.05, 0) is 54.6 Å². The number of hydrogen-bond acceptors (Lipinski definition) is 6. The Morgan fingerprint density at radius 1 is 1.03 bits per heavy atom. The third kappa shape index (κ3) is 4.74. The molecule has 2 heterocycles. The largest absolute Gasteiger partial charge is 0.379 e. The Bertz CT molecular complexity index is 1240. The molecule has 0 aromatic heterocycles. The Morgan fingerprint density at radius 3 is 2.22 bits per heavy atom. The van der Waals surface area contributed by atoms with Gasteiger partial charge in [-0.3, -0.25) is 4.79 Å². The minimum atomic E-state index is -3.69. The Labute approximate surface area is 192 Å². The van der Waals surface area contributed by atoms with E-state index < -0.39 is 31.8 Å². The van der Waals surface area contributed by atoms with Crippen LogP contribution in [0.15, 0.2) is 64.9 Å². The van der Waals surface area contributed by atoms with Crippen LogP contribution in [0.5, 0.6) is 0 Å². The number of amides is 1. The summed E-state index contributed by atoms with van der Waals surface area (Å²) >= 11 is 5.96. The van der Waals surface area contributed by atoms with E-state index in [1.807, 2.05) is 0 Å². The number of ether oxygens (including phenoxy) is 1. The number of hydrogen-bond donors (Lipinski definition) is 0. The maximum Gasteiger partial charge on any atom is 0.258 e. The first-order valence-electron chi connectivity index (χ1n) is 9.85. The molecule has 8 nitrogen and oxygen atoms in total. The van der Waals surface area contributed by atoms with Gasteiger partial charge in [0, 0.05) is 34.8 Å². The average Bonchev–Trinajstić information content (AvgIpc) is 3.15. The molecule has 32 heavy (non-hydrogen) atoms. The zero-order chi connectivity index (χ0) is 22.9. The maximum atomic E-state index is 13.4. The number of carbonyl (C=O) groups excluding carboxylic acids is 1. The summed E-state index contributed by atoms with van der Waals surface area (Å²) in [6, 6.07) is 11.5. The topological polar surface area (TPSA) is 101 Å². The molecule has 1 saturated heterocycles. The van der Waals surface area contributed by atoms with E-state index in [-0.39, 0.29) is 29.3 Å². The fraction of sp³-hybridized carbons (Fsp3) is 0.286. The van der Waals surface area contributed by atoms with Gasteiger partial charge in [0.25, 0.3) is 5.91 Å². The van der Waals surface area contributed by atoms with Gasteiger partial charge in [0.15, 0.2) is 9.84 Å². The van der Waals surface area contributed by atoms with Crippen LogP contribution < -0.4 is 4.90 Å². The second-order valence-electron chi connectivity index (χ2n) is 7.42. The highest BCUT2D eigenvalue weighted by Gasteiger charge is 2.32. The van der Waals surface area contributed by atoms with Crippen molar-refractivity contribution in [2.75, 3.05) is 37.0 Å². The molecule has 2 aromatic carbocycles. The van der Waals surface area contributed by atoms with Crippen molar-refractivity contribution >= 4 is 43.1 Å². The van der Waals surface area contributed by atoms with Crippen LogP contribution in [0.3, 0.4) is 0 Å². The molecule has 0 unspecified atom stereocenters. The molecule has 1 atom stereocenters. The number of anilines is 1. The van der Waals surface area contributed by atoms with Crippen molar-refractivity contribution in [1.29, 1.82) is 0 Å². The summed E-state index contributed by atoms with van der Waals surface area (Å²) in [5.41, 5.74) is 0.717. The van der Waals surface area contributed by atoms with Crippen molar-refractivity contribution in [3.05, 3.63) is 70.6 Å². The Hall–Kier alpha value is -2.24. The van der Waals surface area contributed by atoms with Crippen molar-refractivity contribution in [1.82, 2.24) is 4.31 Å². The van der Waals surface area contributed by atoms with E-state index >= 15 is 0 Å². The fourth-order valence-corrected chi connectivity index (χ4v) is 6.43. The highest BCUT2D eigenvalue weighted by atomic mass is 35.5. The van der Waals surface area contributed by atoms with Crippen LogP contribution in [0.1, 0.15) is 10.4 Å². The first kappa shape index (κ1) is 22.9. The van der Waals surface area contributed by atoms with Gasteiger partial charge in [-0.25, -0.2) is 16.8 Å². The minimum Gasteiger partial charge on any atom is -0.379 e. The van der Waals surface area contributed by atoms with E-state index in [2.05, 4.69) is 0 Å². The smallest absolute Gasteiger partial charge is 0.258 e. The molecular formula is C21H21ClN2O6S2. The van der Waals surface area contributed by atoms with Crippen LogP contribution in [-0.2, 0) is 24.6 Å². The number of morpholine rings is 1. The SMILES string of the molecule is O=C(c1ccc(S(=O)(=O)N2CCOCC2)cc1)N(c1ccc(Cl)cc1)[C@@H]1C=CS(=O)(=O)C1. The predicted molar refractivity (Wildman–Crippen MR) is 121 cm³/mol. The average molecular weight is 497 g/mol. The third-order valence-electron chi connectivity index (χ3n) is 5.28. The van der Waals surface area contributed by atoms with Crippen LogP contribution in [0.2, 0.25) is 5.02 Å². The van der Waals surface area contributed by atoms with Gasteiger partial charge in [0.1, 0.15) is 0 Å². The molecule has 0 N–H and O–H groups in total. The molecule has 1 fully saturated rings. The summed E-state index contributed by atoms with van der Waals surface area (Å²) in [7, 11) is -7.10. The van der Waals surface area contributed by atoms with E-state index in [0.29, 0.717) is 23.9 Å². The van der Waals surface area contributed by atoms with E-state index in [0.717, 1.165) is 5.41 Å². The molecule has 170 valence electrons. The molecule has 1 amide bonds. The molecule has 2 aliphatic rings. The quantitative estimate of drug-likeness (QED) is 0.629. The molecule has 0 radical (unpaired) electrons. The summed E-state index contributed by atoms with van der Waals surface area (Å²) in [6.07, 6.45) is 1.47. The lowest BCUT2D eigenvalue weighted by molar-refractivity contribution is 0.0730. The lowest BCUT2D eigenvalue weighted by atomic mass is 10.1. The molecule has 4 rings (SSSR count). The predicted octanol–water partition coefficient (Wildman–Crippen LogP) is 2.32. The van der Waals surface area contributed by atoms with Crippen molar-refractivity contribution in [3.8, 4) is 0 Å². The normalized spacial score (nSPS) is 20.8. The number of rotatable bonds is 5. The number of nitrogens with zero attached hydrogens (tertiary/aromatic N) is 2. The summed E-state index contributed by atoms with van der Waals surface area (Å²) < 4.78 is 56.1. The van der Waals surface area contributed by atoms with Gasteiger partial charge in [0.2, 0.25) is 10.0 Å². The highest BCUT2D eigenvalue weighted by Crippen LogP contribution is 2.27. The molecule has 2 aromatic rings. The van der Waals surface area contributed by atoms with Crippen LogP contribution in [0.25, 0.3) is 0 Å². The minimum absolute atomic E-state index is 0.0809. The van der Waals surface area contributed by atoms with Crippen molar-refractivity contribution < 1.29 is 26.4 Å². The van der Waals surface area contributed by atoms with E-state index in [1.165, 1.54) is 39.5 Å². The monoisotopic (exact) mass is 496 g/mol. The first-order chi connectivity index (χ1) is 15.2.